The number of carbonyl (C=O) groups is 1. The summed E-state index contributed by atoms with van der Waals surface area (Å²) in [6.45, 7) is 4.85. The monoisotopic (exact) mass is 288 g/mol. The van der Waals surface area contributed by atoms with Gasteiger partial charge in [-0.05, 0) is 18.2 Å². The van der Waals surface area contributed by atoms with E-state index in [4.69, 9.17) is 4.42 Å². The molecule has 6 heteroatoms. The number of carbonyl (C=O) groups excluding carboxylic acids is 1. The lowest BCUT2D eigenvalue weighted by Gasteiger charge is -2.34. The van der Waals surface area contributed by atoms with Crippen LogP contribution in [0, 0.1) is 0 Å². The first-order valence-electron chi connectivity index (χ1n) is 7.31. The Hall–Kier alpha value is -2.08. The fraction of sp³-hybridized carbons (Fsp3) is 0.467. The Morgan fingerprint density at radius 2 is 2.10 bits per heavy atom. The van der Waals surface area contributed by atoms with E-state index in [1.165, 1.54) is 0 Å². The van der Waals surface area contributed by atoms with Gasteiger partial charge in [0.15, 0.2) is 0 Å². The van der Waals surface area contributed by atoms with Crippen molar-refractivity contribution in [3.05, 3.63) is 42.6 Å². The van der Waals surface area contributed by atoms with Crippen LogP contribution >= 0.6 is 0 Å². The van der Waals surface area contributed by atoms with Crippen LogP contribution in [0.4, 0.5) is 0 Å². The first-order chi connectivity index (χ1) is 10.3. The lowest BCUT2D eigenvalue weighted by molar-refractivity contribution is -0.133. The average molecular weight is 288 g/mol. The first kappa shape index (κ1) is 13.9. The van der Waals surface area contributed by atoms with Gasteiger partial charge in [0.1, 0.15) is 5.76 Å². The van der Waals surface area contributed by atoms with Crippen molar-refractivity contribution in [2.75, 3.05) is 26.2 Å². The van der Waals surface area contributed by atoms with Crippen molar-refractivity contribution in [1.29, 1.82) is 0 Å². The summed E-state index contributed by atoms with van der Waals surface area (Å²) in [7, 11) is 0. The molecule has 1 aliphatic heterocycles. The lowest BCUT2D eigenvalue weighted by Crippen LogP contribution is -2.48. The predicted molar refractivity (Wildman–Crippen MR) is 77.4 cm³/mol. The summed E-state index contributed by atoms with van der Waals surface area (Å²) in [6, 6.07) is 5.77. The van der Waals surface area contributed by atoms with E-state index in [1.807, 2.05) is 29.3 Å². The SMILES string of the molecule is O=C(CCn1cccn1)N1CCN(Cc2ccco2)CC1. The molecule has 1 fully saturated rings. The van der Waals surface area contributed by atoms with Crippen molar-refractivity contribution in [1.82, 2.24) is 19.6 Å². The Bertz CT molecular complexity index is 542. The molecule has 3 rings (SSSR count). The number of aromatic nitrogens is 2. The second-order valence-electron chi connectivity index (χ2n) is 5.26. The molecule has 0 aliphatic carbocycles. The summed E-state index contributed by atoms with van der Waals surface area (Å²) in [5.41, 5.74) is 0. The van der Waals surface area contributed by atoms with Gasteiger partial charge in [0, 0.05) is 51.5 Å². The van der Waals surface area contributed by atoms with Gasteiger partial charge in [-0.1, -0.05) is 0 Å². The maximum atomic E-state index is 12.2. The molecule has 1 amide bonds. The molecule has 21 heavy (non-hydrogen) atoms. The normalized spacial score (nSPS) is 16.3. The fourth-order valence-corrected chi connectivity index (χ4v) is 2.58. The van der Waals surface area contributed by atoms with Gasteiger partial charge in [0.25, 0.3) is 0 Å². The van der Waals surface area contributed by atoms with E-state index < -0.39 is 0 Å². The van der Waals surface area contributed by atoms with E-state index in [2.05, 4.69) is 10.00 Å². The van der Waals surface area contributed by atoms with Crippen LogP contribution in [-0.2, 0) is 17.9 Å². The van der Waals surface area contributed by atoms with Crippen molar-refractivity contribution in [2.24, 2.45) is 0 Å². The third kappa shape index (κ3) is 3.72. The Labute approximate surface area is 123 Å². The van der Waals surface area contributed by atoms with Crippen LogP contribution in [0.25, 0.3) is 0 Å². The predicted octanol–water partition coefficient (Wildman–Crippen LogP) is 1.21. The Morgan fingerprint density at radius 1 is 1.24 bits per heavy atom. The molecule has 0 N–H and O–H groups in total. The molecular weight excluding hydrogens is 268 g/mol. The van der Waals surface area contributed by atoms with Gasteiger partial charge in [0.05, 0.1) is 12.8 Å². The minimum atomic E-state index is 0.211. The fourth-order valence-electron chi connectivity index (χ4n) is 2.58. The zero-order valence-corrected chi connectivity index (χ0v) is 12.0. The van der Waals surface area contributed by atoms with E-state index in [1.54, 1.807) is 17.1 Å². The van der Waals surface area contributed by atoms with Gasteiger partial charge in [0.2, 0.25) is 5.91 Å². The van der Waals surface area contributed by atoms with E-state index in [9.17, 15) is 4.79 Å². The molecule has 0 atom stereocenters. The molecule has 0 radical (unpaired) electrons. The number of rotatable bonds is 5. The second kappa shape index (κ2) is 6.58. The summed E-state index contributed by atoms with van der Waals surface area (Å²) >= 11 is 0. The molecule has 6 nitrogen and oxygen atoms in total. The van der Waals surface area contributed by atoms with Gasteiger partial charge in [-0.15, -0.1) is 0 Å². The van der Waals surface area contributed by atoms with Gasteiger partial charge in [-0.25, -0.2) is 0 Å². The highest BCUT2D eigenvalue weighted by Gasteiger charge is 2.21. The minimum Gasteiger partial charge on any atom is -0.468 e. The van der Waals surface area contributed by atoms with Crippen LogP contribution < -0.4 is 0 Å². The minimum absolute atomic E-state index is 0.211. The van der Waals surface area contributed by atoms with Crippen molar-refractivity contribution < 1.29 is 9.21 Å². The summed E-state index contributed by atoms with van der Waals surface area (Å²) in [6.07, 6.45) is 5.83. The highest BCUT2D eigenvalue weighted by atomic mass is 16.3. The Morgan fingerprint density at radius 3 is 2.76 bits per heavy atom. The molecule has 0 aromatic carbocycles. The second-order valence-corrected chi connectivity index (χ2v) is 5.26. The van der Waals surface area contributed by atoms with Crippen LogP contribution in [0.5, 0.6) is 0 Å². The van der Waals surface area contributed by atoms with E-state index >= 15 is 0 Å². The number of aryl methyl sites for hydroxylation is 1. The maximum Gasteiger partial charge on any atom is 0.224 e. The van der Waals surface area contributed by atoms with Crippen molar-refractivity contribution in [2.45, 2.75) is 19.5 Å². The Kier molecular flexibility index (Phi) is 4.35. The molecule has 0 unspecified atom stereocenters. The van der Waals surface area contributed by atoms with Crippen LogP contribution in [0.15, 0.2) is 41.3 Å². The van der Waals surface area contributed by atoms with Crippen LogP contribution in [0.1, 0.15) is 12.2 Å². The summed E-state index contributed by atoms with van der Waals surface area (Å²) in [5, 5.41) is 4.11. The third-order valence-corrected chi connectivity index (χ3v) is 3.80. The zero-order chi connectivity index (χ0) is 14.5. The van der Waals surface area contributed by atoms with Crippen LogP contribution in [0.3, 0.4) is 0 Å². The van der Waals surface area contributed by atoms with Crippen LogP contribution in [-0.4, -0.2) is 51.7 Å². The number of nitrogens with zero attached hydrogens (tertiary/aromatic N) is 4. The number of furan rings is 1. The largest absolute Gasteiger partial charge is 0.468 e. The molecule has 112 valence electrons. The molecule has 1 saturated heterocycles. The highest BCUT2D eigenvalue weighted by Crippen LogP contribution is 2.10. The summed E-state index contributed by atoms with van der Waals surface area (Å²) in [4.78, 5) is 16.4. The van der Waals surface area contributed by atoms with Gasteiger partial charge in [-0.2, -0.15) is 5.10 Å². The standard InChI is InChI=1S/C15H20N4O2/c20-15(4-7-19-6-2-5-16-19)18-10-8-17(9-11-18)13-14-3-1-12-21-14/h1-3,5-6,12H,4,7-11,13H2. The van der Waals surface area contributed by atoms with E-state index in [0.717, 1.165) is 38.5 Å². The smallest absolute Gasteiger partial charge is 0.224 e. The molecule has 2 aromatic rings. The van der Waals surface area contributed by atoms with Crippen molar-refractivity contribution in [3.8, 4) is 0 Å². The number of piperazine rings is 1. The quantitative estimate of drug-likeness (QED) is 0.830. The molecule has 0 bridgehead atoms. The van der Waals surface area contributed by atoms with Crippen molar-refractivity contribution >= 4 is 5.91 Å². The zero-order valence-electron chi connectivity index (χ0n) is 12.0. The highest BCUT2D eigenvalue weighted by molar-refractivity contribution is 5.76. The number of hydrogen-bond donors (Lipinski definition) is 0. The van der Waals surface area contributed by atoms with Crippen molar-refractivity contribution in [3.63, 3.8) is 0 Å². The van der Waals surface area contributed by atoms with Gasteiger partial charge in [-0.3, -0.25) is 14.4 Å². The molecule has 3 heterocycles. The summed E-state index contributed by atoms with van der Waals surface area (Å²) in [5.74, 6) is 1.19. The number of hydrogen-bond acceptors (Lipinski definition) is 4. The average Bonchev–Trinajstić information content (AvgIpc) is 3.19. The lowest BCUT2D eigenvalue weighted by atomic mass is 10.2. The third-order valence-electron chi connectivity index (χ3n) is 3.80. The topological polar surface area (TPSA) is 54.5 Å². The van der Waals surface area contributed by atoms with Crippen LogP contribution in [0.2, 0.25) is 0 Å². The molecule has 1 aliphatic rings. The van der Waals surface area contributed by atoms with Gasteiger partial charge >= 0.3 is 0 Å². The maximum absolute atomic E-state index is 12.2. The molecule has 0 saturated carbocycles. The van der Waals surface area contributed by atoms with Gasteiger partial charge < -0.3 is 9.32 Å². The number of amides is 1. The Balaban J connectivity index is 1.41. The molecule has 0 spiro atoms. The first-order valence-corrected chi connectivity index (χ1v) is 7.31. The summed E-state index contributed by atoms with van der Waals surface area (Å²) < 4.78 is 7.16. The molecule has 2 aromatic heterocycles. The molecular formula is C15H20N4O2. The van der Waals surface area contributed by atoms with E-state index in [-0.39, 0.29) is 5.91 Å². The van der Waals surface area contributed by atoms with E-state index in [0.29, 0.717) is 13.0 Å².